The number of benzene rings is 2. The van der Waals surface area contributed by atoms with Gasteiger partial charge in [0.05, 0.1) is 0 Å². The Morgan fingerprint density at radius 3 is 2.50 bits per heavy atom. The van der Waals surface area contributed by atoms with Crippen LogP contribution in [0.3, 0.4) is 0 Å². The zero-order valence-corrected chi connectivity index (χ0v) is 8.68. The van der Waals surface area contributed by atoms with Crippen LogP contribution in [-0.2, 0) is 0 Å². The molecule has 2 aromatic rings. The van der Waals surface area contributed by atoms with Crippen molar-refractivity contribution in [2.75, 3.05) is 0 Å². The van der Waals surface area contributed by atoms with Crippen molar-refractivity contribution in [2.24, 2.45) is 0 Å². The van der Waals surface area contributed by atoms with E-state index < -0.39 is 0 Å². The molecule has 0 atom stereocenters. The molecule has 71 valence electrons. The molecule has 0 bridgehead atoms. The van der Waals surface area contributed by atoms with Gasteiger partial charge in [0.25, 0.3) is 0 Å². The fourth-order valence-electron chi connectivity index (χ4n) is 1.86. The van der Waals surface area contributed by atoms with Gasteiger partial charge in [0.15, 0.2) is 0 Å². The molecule has 0 aliphatic carbocycles. The van der Waals surface area contributed by atoms with Gasteiger partial charge in [-0.3, -0.25) is 0 Å². The molecule has 14 heavy (non-hydrogen) atoms. The minimum Gasteiger partial charge on any atom is -0.507 e. The fourth-order valence-corrected chi connectivity index (χ4v) is 1.86. The lowest BCUT2D eigenvalue weighted by Crippen LogP contribution is -1.88. The van der Waals surface area contributed by atoms with Gasteiger partial charge in [-0.05, 0) is 48.2 Å². The number of aryl methyl sites for hydroxylation is 2. The van der Waals surface area contributed by atoms with E-state index in [0.29, 0.717) is 0 Å². The van der Waals surface area contributed by atoms with Gasteiger partial charge in [0.1, 0.15) is 5.75 Å². The van der Waals surface area contributed by atoms with Crippen LogP contribution in [-0.4, -0.2) is 5.11 Å². The average molecular weight is 185 g/mol. The molecule has 1 radical (unpaired) electrons. The molecule has 0 saturated heterocycles. The monoisotopic (exact) mass is 185 g/mol. The summed E-state index contributed by atoms with van der Waals surface area (Å²) < 4.78 is 0. The molecular weight excluding hydrogens is 172 g/mol. The lowest BCUT2D eigenvalue weighted by atomic mass is 9.96. The highest BCUT2D eigenvalue weighted by Gasteiger charge is 2.07. The number of hydrogen-bond acceptors (Lipinski definition) is 1. The van der Waals surface area contributed by atoms with Gasteiger partial charge in [-0.2, -0.15) is 0 Å². The SMILES string of the molecule is Cc1c(O)[c]c2cccc(C)c2c1C. The van der Waals surface area contributed by atoms with E-state index in [4.69, 9.17) is 0 Å². The van der Waals surface area contributed by atoms with Crippen molar-refractivity contribution < 1.29 is 5.11 Å². The maximum Gasteiger partial charge on any atom is 0.127 e. The quantitative estimate of drug-likeness (QED) is 0.667. The summed E-state index contributed by atoms with van der Waals surface area (Å²) in [6.45, 7) is 6.05. The van der Waals surface area contributed by atoms with Crippen molar-refractivity contribution >= 4 is 10.8 Å². The van der Waals surface area contributed by atoms with Crippen molar-refractivity contribution in [1.29, 1.82) is 0 Å². The predicted octanol–water partition coefficient (Wildman–Crippen LogP) is 3.27. The van der Waals surface area contributed by atoms with Crippen LogP contribution in [0, 0.1) is 26.8 Å². The summed E-state index contributed by atoms with van der Waals surface area (Å²) in [6.07, 6.45) is 0. The lowest BCUT2D eigenvalue weighted by Gasteiger charge is -2.09. The Balaban J connectivity index is 2.99. The number of rotatable bonds is 0. The van der Waals surface area contributed by atoms with Gasteiger partial charge in [-0.1, -0.05) is 18.2 Å². The smallest absolute Gasteiger partial charge is 0.127 e. The van der Waals surface area contributed by atoms with Crippen LogP contribution < -0.4 is 0 Å². The molecule has 2 aromatic carbocycles. The third-order valence-corrected chi connectivity index (χ3v) is 2.82. The molecule has 0 amide bonds. The maximum atomic E-state index is 9.63. The fraction of sp³-hybridized carbons (Fsp3) is 0.231. The number of fused-ring (bicyclic) bond motifs is 1. The zero-order chi connectivity index (χ0) is 10.3. The summed E-state index contributed by atoms with van der Waals surface area (Å²) in [5, 5.41) is 11.8. The summed E-state index contributed by atoms with van der Waals surface area (Å²) >= 11 is 0. The van der Waals surface area contributed by atoms with Crippen LogP contribution in [0.1, 0.15) is 16.7 Å². The number of phenols is 1. The third kappa shape index (κ3) is 1.17. The van der Waals surface area contributed by atoms with Crippen LogP contribution in [0.4, 0.5) is 0 Å². The first-order valence-electron chi connectivity index (χ1n) is 4.72. The van der Waals surface area contributed by atoms with E-state index in [1.54, 1.807) is 0 Å². The molecule has 0 spiro atoms. The topological polar surface area (TPSA) is 20.2 Å². The second-order valence-corrected chi connectivity index (χ2v) is 3.72. The van der Waals surface area contributed by atoms with Crippen LogP contribution in [0.15, 0.2) is 18.2 Å². The van der Waals surface area contributed by atoms with Gasteiger partial charge in [-0.15, -0.1) is 0 Å². The predicted molar refractivity (Wildman–Crippen MR) is 58.7 cm³/mol. The van der Waals surface area contributed by atoms with E-state index in [2.05, 4.69) is 19.1 Å². The van der Waals surface area contributed by atoms with Gasteiger partial charge in [-0.25, -0.2) is 0 Å². The van der Waals surface area contributed by atoms with E-state index in [0.717, 1.165) is 16.5 Å². The number of hydrogen-bond donors (Lipinski definition) is 1. The minimum absolute atomic E-state index is 0.264. The molecule has 0 aliphatic rings. The normalized spacial score (nSPS) is 10.8. The minimum atomic E-state index is 0.264. The summed E-state index contributed by atoms with van der Waals surface area (Å²) in [6, 6.07) is 9.05. The third-order valence-electron chi connectivity index (χ3n) is 2.82. The molecule has 0 aromatic heterocycles. The first-order valence-corrected chi connectivity index (χ1v) is 4.72. The highest BCUT2D eigenvalue weighted by molar-refractivity contribution is 5.90. The van der Waals surface area contributed by atoms with Crippen LogP contribution >= 0.6 is 0 Å². The molecule has 0 fully saturated rings. The van der Waals surface area contributed by atoms with Gasteiger partial charge < -0.3 is 5.11 Å². The van der Waals surface area contributed by atoms with Gasteiger partial charge >= 0.3 is 0 Å². The molecular formula is C13H13O. The Morgan fingerprint density at radius 2 is 1.79 bits per heavy atom. The maximum absolute atomic E-state index is 9.63. The zero-order valence-electron chi connectivity index (χ0n) is 8.68. The molecule has 0 aliphatic heterocycles. The summed E-state index contributed by atoms with van der Waals surface area (Å²) in [7, 11) is 0. The van der Waals surface area contributed by atoms with Crippen molar-refractivity contribution in [1.82, 2.24) is 0 Å². The van der Waals surface area contributed by atoms with Gasteiger partial charge in [0, 0.05) is 6.07 Å². The van der Waals surface area contributed by atoms with E-state index in [1.807, 2.05) is 26.0 Å². The first-order chi connectivity index (χ1) is 6.61. The molecule has 0 saturated carbocycles. The number of aromatic hydroxyl groups is 1. The Kier molecular flexibility index (Phi) is 1.95. The average Bonchev–Trinajstić information content (AvgIpc) is 2.14. The Labute approximate surface area is 84.0 Å². The number of phenolic OH excluding ortho intramolecular Hbond substituents is 1. The van der Waals surface area contributed by atoms with E-state index >= 15 is 0 Å². The first kappa shape index (κ1) is 9.07. The molecule has 0 unspecified atom stereocenters. The highest BCUT2D eigenvalue weighted by Crippen LogP contribution is 2.30. The van der Waals surface area contributed by atoms with Crippen LogP contribution in [0.25, 0.3) is 10.8 Å². The van der Waals surface area contributed by atoms with E-state index in [-0.39, 0.29) is 5.75 Å². The molecule has 1 nitrogen and oxygen atoms in total. The van der Waals surface area contributed by atoms with Crippen molar-refractivity contribution in [2.45, 2.75) is 20.8 Å². The Bertz CT molecular complexity index is 498. The summed E-state index contributed by atoms with van der Waals surface area (Å²) in [5.41, 5.74) is 3.31. The highest BCUT2D eigenvalue weighted by atomic mass is 16.3. The molecule has 0 heterocycles. The van der Waals surface area contributed by atoms with Crippen LogP contribution in [0.2, 0.25) is 0 Å². The molecule has 1 heteroatoms. The summed E-state index contributed by atoms with van der Waals surface area (Å²) in [4.78, 5) is 0. The summed E-state index contributed by atoms with van der Waals surface area (Å²) in [5.74, 6) is 0.264. The second kappa shape index (κ2) is 3.02. The molecule has 2 rings (SSSR count). The van der Waals surface area contributed by atoms with Crippen LogP contribution in [0.5, 0.6) is 5.75 Å². The van der Waals surface area contributed by atoms with Crippen molar-refractivity contribution in [3.8, 4) is 5.75 Å². The standard InChI is InChI=1S/C13H13O/c1-8-5-4-6-11-7-12(14)9(2)10(3)13(8)11/h4-6,14H,1-3H3. The Morgan fingerprint density at radius 1 is 1.07 bits per heavy atom. The van der Waals surface area contributed by atoms with Crippen molar-refractivity contribution in [3.05, 3.63) is 41.0 Å². The van der Waals surface area contributed by atoms with Gasteiger partial charge in [0.2, 0.25) is 0 Å². The molecule has 1 N–H and O–H groups in total. The Hall–Kier alpha value is -1.50. The largest absolute Gasteiger partial charge is 0.507 e. The van der Waals surface area contributed by atoms with E-state index in [1.165, 1.54) is 10.9 Å². The second-order valence-electron chi connectivity index (χ2n) is 3.72. The van der Waals surface area contributed by atoms with E-state index in [9.17, 15) is 5.11 Å². The lowest BCUT2D eigenvalue weighted by molar-refractivity contribution is 0.470. The van der Waals surface area contributed by atoms with Crippen molar-refractivity contribution in [3.63, 3.8) is 0 Å².